The fraction of sp³-hybridized carbons (Fsp3) is 0.265. The molecule has 1 aliphatic rings. The average Bonchev–Trinajstić information content (AvgIpc) is 3.46. The molecule has 0 radical (unpaired) electrons. The minimum absolute atomic E-state index is 0.00624. The van der Waals surface area contributed by atoms with Gasteiger partial charge in [-0.2, -0.15) is 0 Å². The summed E-state index contributed by atoms with van der Waals surface area (Å²) in [5.74, 6) is -2.06. The molecule has 2 heterocycles. The standard InChI is InChI=1S/C34H34N4O6S/c1-34(2,3)44-33(42)37-31-35-20-25(45-31)19-26-28(30(40)43-21-22-13-7-4-8-14-22)38(29(26)39)32(41)36-27(23-15-9-5-10-16-23)24-17-11-6-12-18-24/h4-18,20,26-28H,19,21H2,1-3H3,(H,36,41)(H,35,37,42)/t26?,28-/m0/s1. The molecular formula is C34H34N4O6S. The Labute approximate surface area is 265 Å². The topological polar surface area (TPSA) is 127 Å². The lowest BCUT2D eigenvalue weighted by Gasteiger charge is -2.44. The Morgan fingerprint density at radius 1 is 0.911 bits per heavy atom. The van der Waals surface area contributed by atoms with E-state index in [0.29, 0.717) is 4.88 Å². The molecule has 232 valence electrons. The van der Waals surface area contributed by atoms with Crippen LogP contribution in [-0.2, 0) is 32.1 Å². The van der Waals surface area contributed by atoms with Crippen LogP contribution in [-0.4, -0.2) is 45.5 Å². The Balaban J connectivity index is 1.35. The summed E-state index contributed by atoms with van der Waals surface area (Å²) >= 11 is 1.16. The minimum Gasteiger partial charge on any atom is -0.459 e. The maximum atomic E-state index is 13.7. The Bertz CT molecular complexity index is 1600. The molecule has 1 saturated heterocycles. The fourth-order valence-electron chi connectivity index (χ4n) is 4.97. The second-order valence-electron chi connectivity index (χ2n) is 11.5. The second kappa shape index (κ2) is 13.7. The number of hydrogen-bond donors (Lipinski definition) is 2. The van der Waals surface area contributed by atoms with Gasteiger partial charge in [-0.1, -0.05) is 91.0 Å². The SMILES string of the molecule is CC(C)(C)OC(=O)Nc1ncc(CC2C(=O)N(C(=O)NC(c3ccccc3)c3ccccc3)[C@@H]2C(=O)OCc2ccccc2)s1. The molecule has 4 aromatic rings. The van der Waals surface area contributed by atoms with E-state index >= 15 is 0 Å². The number of ether oxygens (including phenoxy) is 2. The summed E-state index contributed by atoms with van der Waals surface area (Å²) < 4.78 is 10.9. The third kappa shape index (κ3) is 7.93. The molecule has 1 aromatic heterocycles. The lowest BCUT2D eigenvalue weighted by Crippen LogP contribution is -2.69. The van der Waals surface area contributed by atoms with Gasteiger partial charge in [0.15, 0.2) is 11.2 Å². The Morgan fingerprint density at radius 3 is 2.07 bits per heavy atom. The number of carbonyl (C=O) groups excluding carboxylic acids is 4. The number of benzene rings is 3. The number of amides is 4. The molecule has 1 fully saturated rings. The van der Waals surface area contributed by atoms with Crippen molar-refractivity contribution < 1.29 is 28.7 Å². The van der Waals surface area contributed by atoms with Gasteiger partial charge in [0.05, 0.1) is 12.0 Å². The maximum absolute atomic E-state index is 13.7. The van der Waals surface area contributed by atoms with Crippen molar-refractivity contribution in [3.8, 4) is 0 Å². The number of esters is 1. The maximum Gasteiger partial charge on any atom is 0.413 e. The number of nitrogens with zero attached hydrogens (tertiary/aromatic N) is 2. The molecule has 45 heavy (non-hydrogen) atoms. The fourth-order valence-corrected chi connectivity index (χ4v) is 5.82. The van der Waals surface area contributed by atoms with Crippen LogP contribution in [0, 0.1) is 5.92 Å². The predicted octanol–water partition coefficient (Wildman–Crippen LogP) is 6.10. The highest BCUT2D eigenvalue weighted by molar-refractivity contribution is 7.15. The number of nitrogens with one attached hydrogen (secondary N) is 2. The van der Waals surface area contributed by atoms with Crippen molar-refractivity contribution in [3.63, 3.8) is 0 Å². The van der Waals surface area contributed by atoms with Crippen molar-refractivity contribution in [1.82, 2.24) is 15.2 Å². The van der Waals surface area contributed by atoms with Gasteiger partial charge in [-0.15, -0.1) is 11.3 Å². The first kappa shape index (κ1) is 31.4. The molecule has 0 aliphatic carbocycles. The molecule has 2 atom stereocenters. The summed E-state index contributed by atoms with van der Waals surface area (Å²) in [4.78, 5) is 58.8. The summed E-state index contributed by atoms with van der Waals surface area (Å²) in [5.41, 5.74) is 1.73. The van der Waals surface area contributed by atoms with Gasteiger partial charge < -0.3 is 14.8 Å². The Hall–Kier alpha value is -5.03. The van der Waals surface area contributed by atoms with Crippen molar-refractivity contribution in [2.24, 2.45) is 5.92 Å². The van der Waals surface area contributed by atoms with E-state index in [1.165, 1.54) is 6.20 Å². The van der Waals surface area contributed by atoms with Crippen molar-refractivity contribution >= 4 is 40.5 Å². The number of hydrogen-bond acceptors (Lipinski definition) is 8. The van der Waals surface area contributed by atoms with Crippen LogP contribution in [0.15, 0.2) is 97.2 Å². The average molecular weight is 627 g/mol. The molecule has 0 spiro atoms. The predicted molar refractivity (Wildman–Crippen MR) is 169 cm³/mol. The Morgan fingerprint density at radius 2 is 1.49 bits per heavy atom. The molecule has 1 unspecified atom stereocenters. The molecule has 0 saturated carbocycles. The number of likely N-dealkylation sites (tertiary alicyclic amines) is 1. The second-order valence-corrected chi connectivity index (χ2v) is 12.6. The van der Waals surface area contributed by atoms with Gasteiger partial charge >= 0.3 is 18.1 Å². The summed E-state index contributed by atoms with van der Waals surface area (Å²) in [6, 6.07) is 25.5. The Kier molecular flexibility index (Phi) is 9.58. The summed E-state index contributed by atoms with van der Waals surface area (Å²) in [6.45, 7) is 5.25. The van der Waals surface area contributed by atoms with Gasteiger partial charge in [0.25, 0.3) is 0 Å². The van der Waals surface area contributed by atoms with Crippen LogP contribution in [0.4, 0.5) is 14.7 Å². The van der Waals surface area contributed by atoms with Gasteiger partial charge in [0.1, 0.15) is 12.2 Å². The van der Waals surface area contributed by atoms with Gasteiger partial charge in [-0.25, -0.2) is 24.3 Å². The molecule has 0 bridgehead atoms. The molecular weight excluding hydrogens is 592 g/mol. The number of thiazole rings is 1. The van der Waals surface area contributed by atoms with Crippen LogP contribution in [0.5, 0.6) is 0 Å². The molecule has 5 rings (SSSR count). The third-order valence-corrected chi connectivity index (χ3v) is 7.95. The zero-order chi connectivity index (χ0) is 32.0. The van der Waals surface area contributed by atoms with E-state index in [1.807, 2.05) is 91.0 Å². The van der Waals surface area contributed by atoms with Crippen LogP contribution >= 0.6 is 11.3 Å². The largest absolute Gasteiger partial charge is 0.459 e. The summed E-state index contributed by atoms with van der Waals surface area (Å²) in [7, 11) is 0. The molecule has 1 aliphatic heterocycles. The van der Waals surface area contributed by atoms with Crippen molar-refractivity contribution in [2.75, 3.05) is 5.32 Å². The quantitative estimate of drug-likeness (QED) is 0.170. The number of urea groups is 1. The number of aromatic nitrogens is 1. The third-order valence-electron chi connectivity index (χ3n) is 7.01. The lowest BCUT2D eigenvalue weighted by molar-refractivity contribution is -0.170. The van der Waals surface area contributed by atoms with Crippen molar-refractivity contribution in [3.05, 3.63) is 119 Å². The number of anilines is 1. The van der Waals surface area contributed by atoms with Crippen LogP contribution in [0.2, 0.25) is 0 Å². The summed E-state index contributed by atoms with van der Waals surface area (Å²) in [6.07, 6.45) is 1.00. The number of carbonyl (C=O) groups is 4. The molecule has 11 heteroatoms. The van der Waals surface area contributed by atoms with Gasteiger partial charge in [0.2, 0.25) is 5.91 Å². The van der Waals surface area contributed by atoms with E-state index in [2.05, 4.69) is 15.6 Å². The van der Waals surface area contributed by atoms with Crippen molar-refractivity contribution in [2.45, 2.75) is 51.5 Å². The van der Waals surface area contributed by atoms with E-state index in [-0.39, 0.29) is 18.2 Å². The number of imide groups is 1. The first-order chi connectivity index (χ1) is 21.6. The first-order valence-electron chi connectivity index (χ1n) is 14.5. The highest BCUT2D eigenvalue weighted by Crippen LogP contribution is 2.34. The van der Waals surface area contributed by atoms with Crippen molar-refractivity contribution in [1.29, 1.82) is 0 Å². The van der Waals surface area contributed by atoms with Crippen LogP contribution in [0.1, 0.15) is 48.4 Å². The number of rotatable bonds is 9. The molecule has 2 N–H and O–H groups in total. The first-order valence-corrected chi connectivity index (χ1v) is 15.3. The van der Waals surface area contributed by atoms with E-state index < -0.39 is 47.6 Å². The number of β-lactam (4-membered cyclic amide) rings is 1. The van der Waals surface area contributed by atoms with Gasteiger partial charge in [-0.05, 0) is 43.9 Å². The lowest BCUT2D eigenvalue weighted by atomic mass is 9.84. The van der Waals surface area contributed by atoms with E-state index in [0.717, 1.165) is 32.9 Å². The summed E-state index contributed by atoms with van der Waals surface area (Å²) in [5, 5.41) is 5.83. The van der Waals surface area contributed by atoms with Crippen LogP contribution < -0.4 is 10.6 Å². The monoisotopic (exact) mass is 626 g/mol. The van der Waals surface area contributed by atoms with E-state index in [4.69, 9.17) is 9.47 Å². The normalized spacial score (nSPS) is 16.1. The zero-order valence-corrected chi connectivity index (χ0v) is 26.0. The minimum atomic E-state index is -1.15. The highest BCUT2D eigenvalue weighted by Gasteiger charge is 2.55. The van der Waals surface area contributed by atoms with Gasteiger partial charge in [0, 0.05) is 11.1 Å². The molecule has 4 amide bonds. The van der Waals surface area contributed by atoms with E-state index in [9.17, 15) is 19.2 Å². The smallest absolute Gasteiger partial charge is 0.413 e. The highest BCUT2D eigenvalue weighted by atomic mass is 32.1. The van der Waals surface area contributed by atoms with Crippen LogP contribution in [0.25, 0.3) is 0 Å². The van der Waals surface area contributed by atoms with Gasteiger partial charge in [-0.3, -0.25) is 10.1 Å². The zero-order valence-electron chi connectivity index (χ0n) is 25.1. The molecule has 10 nitrogen and oxygen atoms in total. The molecule has 3 aromatic carbocycles. The van der Waals surface area contributed by atoms with Crippen LogP contribution in [0.3, 0.4) is 0 Å². The van der Waals surface area contributed by atoms with E-state index in [1.54, 1.807) is 20.8 Å².